The molecule has 1 heterocycles. The van der Waals surface area contributed by atoms with Crippen LogP contribution in [-0.2, 0) is 6.42 Å². The molecule has 0 radical (unpaired) electrons. The highest BCUT2D eigenvalue weighted by Crippen LogP contribution is 2.34. The Kier molecular flexibility index (Phi) is 2.07. The Morgan fingerprint density at radius 3 is 2.67 bits per heavy atom. The van der Waals surface area contributed by atoms with E-state index in [4.69, 9.17) is 0 Å². The quantitative estimate of drug-likeness (QED) is 0.569. The van der Waals surface area contributed by atoms with Gasteiger partial charge in [-0.25, -0.2) is 0 Å². The van der Waals surface area contributed by atoms with Gasteiger partial charge in [0.25, 0.3) is 0 Å². The summed E-state index contributed by atoms with van der Waals surface area (Å²) in [7, 11) is 0. The van der Waals surface area contributed by atoms with Gasteiger partial charge in [-0.3, -0.25) is 0 Å². The molecule has 18 heavy (non-hydrogen) atoms. The van der Waals surface area contributed by atoms with Crippen LogP contribution in [0.1, 0.15) is 12.0 Å². The minimum atomic E-state index is 1.10. The van der Waals surface area contributed by atoms with Gasteiger partial charge in [0.1, 0.15) is 0 Å². The van der Waals surface area contributed by atoms with Crippen molar-refractivity contribution in [3.8, 4) is 0 Å². The second-order valence-corrected chi connectivity index (χ2v) is 5.01. The van der Waals surface area contributed by atoms with Crippen LogP contribution in [0.4, 0.5) is 5.69 Å². The highest BCUT2D eigenvalue weighted by atomic mass is 14.9. The zero-order valence-corrected chi connectivity index (χ0v) is 10.2. The standard InChI is InChI=1S/C17H15N/c1-2-6-14-12(4-1)7-10-16-15(14)9-8-13-5-3-11-18-17(13)16/h1-2,4,6-10,18H,3,5,11H2. The number of nitrogens with one attached hydrogen (secondary N) is 1. The smallest absolute Gasteiger partial charge is 0.0452 e. The number of fused-ring (bicyclic) bond motifs is 5. The van der Waals surface area contributed by atoms with E-state index in [-0.39, 0.29) is 0 Å². The van der Waals surface area contributed by atoms with Crippen LogP contribution < -0.4 is 5.32 Å². The van der Waals surface area contributed by atoms with Gasteiger partial charge in [-0.1, -0.05) is 48.5 Å². The SMILES string of the molecule is c1ccc2c(c1)ccc1c3c(ccc12)CCCN3. The van der Waals surface area contributed by atoms with Crippen LogP contribution in [0, 0.1) is 0 Å². The molecule has 1 aliphatic rings. The van der Waals surface area contributed by atoms with Gasteiger partial charge in [0.05, 0.1) is 0 Å². The second kappa shape index (κ2) is 3.74. The first-order valence-corrected chi connectivity index (χ1v) is 6.61. The van der Waals surface area contributed by atoms with E-state index in [2.05, 4.69) is 53.8 Å². The number of hydrogen-bond acceptors (Lipinski definition) is 1. The van der Waals surface area contributed by atoms with Crippen molar-refractivity contribution in [1.29, 1.82) is 0 Å². The number of benzene rings is 3. The molecule has 0 spiro atoms. The van der Waals surface area contributed by atoms with E-state index in [1.54, 1.807) is 0 Å². The van der Waals surface area contributed by atoms with E-state index in [0.717, 1.165) is 6.54 Å². The van der Waals surface area contributed by atoms with Crippen LogP contribution in [-0.4, -0.2) is 6.54 Å². The largest absolute Gasteiger partial charge is 0.384 e. The van der Waals surface area contributed by atoms with E-state index in [0.29, 0.717) is 0 Å². The summed E-state index contributed by atoms with van der Waals surface area (Å²) in [5.41, 5.74) is 2.81. The summed E-state index contributed by atoms with van der Waals surface area (Å²) in [5, 5.41) is 8.97. The van der Waals surface area contributed by atoms with Gasteiger partial charge < -0.3 is 5.32 Å². The van der Waals surface area contributed by atoms with Crippen molar-refractivity contribution in [3.05, 3.63) is 54.1 Å². The van der Waals surface area contributed by atoms with E-state index in [1.807, 2.05) is 0 Å². The molecule has 0 amide bonds. The average Bonchev–Trinajstić information content (AvgIpc) is 2.46. The van der Waals surface area contributed by atoms with Crippen molar-refractivity contribution in [2.24, 2.45) is 0 Å². The normalized spacial score (nSPS) is 14.4. The fourth-order valence-corrected chi connectivity index (χ4v) is 3.04. The number of anilines is 1. The maximum absolute atomic E-state index is 3.57. The first kappa shape index (κ1) is 9.95. The Morgan fingerprint density at radius 1 is 0.778 bits per heavy atom. The molecule has 1 N–H and O–H groups in total. The van der Waals surface area contributed by atoms with Crippen molar-refractivity contribution in [2.45, 2.75) is 12.8 Å². The molecule has 88 valence electrons. The summed E-state index contributed by atoms with van der Waals surface area (Å²) in [6.07, 6.45) is 2.44. The zero-order valence-electron chi connectivity index (χ0n) is 10.2. The van der Waals surface area contributed by atoms with Crippen LogP contribution in [0.15, 0.2) is 48.5 Å². The molecule has 0 atom stereocenters. The molecule has 0 bridgehead atoms. The zero-order chi connectivity index (χ0) is 11.9. The summed E-state index contributed by atoms with van der Waals surface area (Å²) in [6, 6.07) is 17.7. The molecule has 0 aliphatic carbocycles. The Bertz CT molecular complexity index is 743. The van der Waals surface area contributed by atoms with Gasteiger partial charge >= 0.3 is 0 Å². The summed E-state index contributed by atoms with van der Waals surface area (Å²) < 4.78 is 0. The average molecular weight is 233 g/mol. The van der Waals surface area contributed by atoms with Gasteiger partial charge in [-0.05, 0) is 34.6 Å². The van der Waals surface area contributed by atoms with E-state index in [1.165, 1.54) is 45.6 Å². The summed E-state index contributed by atoms with van der Waals surface area (Å²) >= 11 is 0. The van der Waals surface area contributed by atoms with Crippen LogP contribution in [0.5, 0.6) is 0 Å². The molecule has 0 fully saturated rings. The molecule has 4 rings (SSSR count). The van der Waals surface area contributed by atoms with E-state index < -0.39 is 0 Å². The molecule has 1 aliphatic heterocycles. The van der Waals surface area contributed by atoms with Crippen molar-refractivity contribution in [1.82, 2.24) is 0 Å². The molecular weight excluding hydrogens is 218 g/mol. The van der Waals surface area contributed by atoms with Crippen molar-refractivity contribution < 1.29 is 0 Å². The molecule has 3 aromatic carbocycles. The maximum atomic E-state index is 3.57. The van der Waals surface area contributed by atoms with E-state index in [9.17, 15) is 0 Å². The Hall–Kier alpha value is -2.02. The molecule has 3 aromatic rings. The minimum absolute atomic E-state index is 1.10. The number of rotatable bonds is 0. The fraction of sp³-hybridized carbons (Fsp3) is 0.176. The highest BCUT2D eigenvalue weighted by molar-refractivity contribution is 6.11. The molecule has 1 nitrogen and oxygen atoms in total. The number of aryl methyl sites for hydroxylation is 1. The molecule has 0 unspecified atom stereocenters. The molecule has 0 saturated heterocycles. The first-order valence-electron chi connectivity index (χ1n) is 6.61. The van der Waals surface area contributed by atoms with Crippen LogP contribution >= 0.6 is 0 Å². The minimum Gasteiger partial charge on any atom is -0.384 e. The summed E-state index contributed by atoms with van der Waals surface area (Å²) in [4.78, 5) is 0. The van der Waals surface area contributed by atoms with Crippen LogP contribution in [0.2, 0.25) is 0 Å². The fourth-order valence-electron chi connectivity index (χ4n) is 3.04. The van der Waals surface area contributed by atoms with Gasteiger partial charge in [0.15, 0.2) is 0 Å². The van der Waals surface area contributed by atoms with Crippen LogP contribution in [0.3, 0.4) is 0 Å². The third-order valence-corrected chi connectivity index (χ3v) is 3.94. The maximum Gasteiger partial charge on any atom is 0.0452 e. The third kappa shape index (κ3) is 1.34. The lowest BCUT2D eigenvalue weighted by Crippen LogP contribution is -2.11. The molecule has 0 aromatic heterocycles. The van der Waals surface area contributed by atoms with Crippen molar-refractivity contribution >= 4 is 27.2 Å². The molecule has 1 heteroatoms. The van der Waals surface area contributed by atoms with Gasteiger partial charge in [-0.2, -0.15) is 0 Å². The second-order valence-electron chi connectivity index (χ2n) is 5.01. The van der Waals surface area contributed by atoms with Gasteiger partial charge in [0.2, 0.25) is 0 Å². The summed E-state index contributed by atoms with van der Waals surface area (Å²) in [5.74, 6) is 0. The Labute approximate surface area is 106 Å². The highest BCUT2D eigenvalue weighted by Gasteiger charge is 2.12. The van der Waals surface area contributed by atoms with Gasteiger partial charge in [0, 0.05) is 17.6 Å². The van der Waals surface area contributed by atoms with Gasteiger partial charge in [-0.15, -0.1) is 0 Å². The predicted octanol–water partition coefficient (Wildman–Crippen LogP) is 4.35. The van der Waals surface area contributed by atoms with Crippen molar-refractivity contribution in [3.63, 3.8) is 0 Å². The monoisotopic (exact) mass is 233 g/mol. The lowest BCUT2D eigenvalue weighted by atomic mass is 9.95. The Morgan fingerprint density at radius 2 is 1.67 bits per heavy atom. The van der Waals surface area contributed by atoms with Crippen LogP contribution in [0.25, 0.3) is 21.5 Å². The van der Waals surface area contributed by atoms with E-state index >= 15 is 0 Å². The predicted molar refractivity (Wildman–Crippen MR) is 78.3 cm³/mol. The first-order chi connectivity index (χ1) is 8.93. The molecular formula is C17H15N. The summed E-state index contributed by atoms with van der Waals surface area (Å²) in [6.45, 7) is 1.10. The van der Waals surface area contributed by atoms with Crippen molar-refractivity contribution in [2.75, 3.05) is 11.9 Å². The lowest BCUT2D eigenvalue weighted by Gasteiger charge is -2.20. The lowest BCUT2D eigenvalue weighted by molar-refractivity contribution is 0.833. The Balaban J connectivity index is 2.15. The third-order valence-electron chi connectivity index (χ3n) is 3.94. The number of hydrogen-bond donors (Lipinski definition) is 1. The topological polar surface area (TPSA) is 12.0 Å². The molecule has 0 saturated carbocycles.